The molecule has 0 atom stereocenters. The Labute approximate surface area is 155 Å². The van der Waals surface area contributed by atoms with Gasteiger partial charge in [-0.15, -0.1) is 0 Å². The maximum atomic E-state index is 11.1. The summed E-state index contributed by atoms with van der Waals surface area (Å²) in [5, 5.41) is 9.13. The van der Waals surface area contributed by atoms with Crippen molar-refractivity contribution >= 4 is 17.3 Å². The Morgan fingerprint density at radius 3 is 2.00 bits per heavy atom. The second kappa shape index (κ2) is 6.13. The molecule has 0 unspecified atom stereocenters. The number of anilines is 2. The molecule has 0 spiro atoms. The standard InChI is InChI=1S/C22H27NO3/c1-14(2)23(16-9-7-15(8-10-16)20(24)25)17-11-12-18-19(13-17)22(5,6)26-21(18,3)4/h7-14H,1-6H3,(H,24,25). The summed E-state index contributed by atoms with van der Waals surface area (Å²) in [4.78, 5) is 13.3. The normalized spacial score (nSPS) is 17.2. The molecule has 0 saturated heterocycles. The average Bonchev–Trinajstić information content (AvgIpc) is 2.72. The molecule has 1 N–H and O–H groups in total. The summed E-state index contributed by atoms with van der Waals surface area (Å²) in [5.74, 6) is -0.911. The van der Waals surface area contributed by atoms with Gasteiger partial charge >= 0.3 is 5.97 Å². The molecular weight excluding hydrogens is 326 g/mol. The van der Waals surface area contributed by atoms with Crippen LogP contribution in [0.3, 0.4) is 0 Å². The van der Waals surface area contributed by atoms with Crippen LogP contribution in [0.4, 0.5) is 11.4 Å². The van der Waals surface area contributed by atoms with Crippen LogP contribution >= 0.6 is 0 Å². The minimum Gasteiger partial charge on any atom is -0.478 e. The van der Waals surface area contributed by atoms with Crippen molar-refractivity contribution in [2.45, 2.75) is 58.8 Å². The fourth-order valence-corrected chi connectivity index (χ4v) is 3.96. The number of benzene rings is 2. The summed E-state index contributed by atoms with van der Waals surface area (Å²) in [6.07, 6.45) is 0. The summed E-state index contributed by atoms with van der Waals surface area (Å²) in [6, 6.07) is 13.7. The molecule has 2 aromatic carbocycles. The number of rotatable bonds is 4. The molecule has 0 aromatic heterocycles. The van der Waals surface area contributed by atoms with Crippen molar-refractivity contribution in [3.05, 3.63) is 59.2 Å². The van der Waals surface area contributed by atoms with Crippen LogP contribution < -0.4 is 4.90 Å². The molecule has 1 aliphatic heterocycles. The minimum absolute atomic E-state index is 0.224. The third-order valence-corrected chi connectivity index (χ3v) is 5.00. The van der Waals surface area contributed by atoms with Gasteiger partial charge in [-0.3, -0.25) is 0 Å². The monoisotopic (exact) mass is 353 g/mol. The molecule has 2 aromatic rings. The first-order valence-electron chi connectivity index (χ1n) is 9.01. The third-order valence-electron chi connectivity index (χ3n) is 5.00. The molecule has 3 rings (SSSR count). The van der Waals surface area contributed by atoms with Crippen molar-refractivity contribution in [3.63, 3.8) is 0 Å². The van der Waals surface area contributed by atoms with Gasteiger partial charge in [-0.05, 0) is 89.1 Å². The summed E-state index contributed by atoms with van der Waals surface area (Å²) < 4.78 is 6.27. The van der Waals surface area contributed by atoms with Gasteiger partial charge in [0.05, 0.1) is 16.8 Å². The maximum absolute atomic E-state index is 11.1. The molecule has 1 aliphatic rings. The summed E-state index contributed by atoms with van der Waals surface area (Å²) >= 11 is 0. The van der Waals surface area contributed by atoms with Crippen molar-refractivity contribution in [1.82, 2.24) is 0 Å². The molecule has 0 saturated carbocycles. The molecule has 0 bridgehead atoms. The van der Waals surface area contributed by atoms with Crippen LogP contribution in [0.15, 0.2) is 42.5 Å². The maximum Gasteiger partial charge on any atom is 0.335 e. The zero-order chi connectivity index (χ0) is 19.3. The SMILES string of the molecule is CC(C)N(c1ccc(C(=O)O)cc1)c1ccc2c(c1)C(C)(C)OC2(C)C. The lowest BCUT2D eigenvalue weighted by Gasteiger charge is -2.30. The number of hydrogen-bond donors (Lipinski definition) is 1. The highest BCUT2D eigenvalue weighted by atomic mass is 16.5. The number of aromatic carboxylic acids is 1. The quantitative estimate of drug-likeness (QED) is 0.796. The van der Waals surface area contributed by atoms with Crippen molar-refractivity contribution in [2.75, 3.05) is 4.90 Å². The average molecular weight is 353 g/mol. The van der Waals surface area contributed by atoms with Crippen molar-refractivity contribution < 1.29 is 14.6 Å². The number of carboxylic acid groups (broad SMARTS) is 1. The Balaban J connectivity index is 2.07. The number of ether oxygens (including phenoxy) is 1. The smallest absolute Gasteiger partial charge is 0.335 e. The minimum atomic E-state index is -0.911. The van der Waals surface area contributed by atoms with E-state index in [0.29, 0.717) is 5.56 Å². The van der Waals surface area contributed by atoms with E-state index >= 15 is 0 Å². The Hall–Kier alpha value is -2.33. The number of carbonyl (C=O) groups is 1. The lowest BCUT2D eigenvalue weighted by atomic mass is 9.90. The van der Waals surface area contributed by atoms with E-state index in [2.05, 4.69) is 64.6 Å². The van der Waals surface area contributed by atoms with Crippen LogP contribution in [0.2, 0.25) is 0 Å². The van der Waals surface area contributed by atoms with Gasteiger partial charge in [-0.25, -0.2) is 4.79 Å². The first-order valence-corrected chi connectivity index (χ1v) is 9.01. The van der Waals surface area contributed by atoms with Gasteiger partial charge < -0.3 is 14.7 Å². The summed E-state index contributed by atoms with van der Waals surface area (Å²) in [7, 11) is 0. The number of fused-ring (bicyclic) bond motifs is 1. The Kier molecular flexibility index (Phi) is 4.35. The first kappa shape index (κ1) is 18.5. The van der Waals surface area contributed by atoms with E-state index in [1.54, 1.807) is 12.1 Å². The van der Waals surface area contributed by atoms with E-state index in [4.69, 9.17) is 9.84 Å². The Morgan fingerprint density at radius 2 is 1.46 bits per heavy atom. The largest absolute Gasteiger partial charge is 0.478 e. The Bertz CT molecular complexity index is 835. The highest BCUT2D eigenvalue weighted by Crippen LogP contribution is 2.48. The zero-order valence-electron chi connectivity index (χ0n) is 16.3. The third kappa shape index (κ3) is 3.10. The van der Waals surface area contributed by atoms with E-state index in [1.165, 1.54) is 11.1 Å². The first-order chi connectivity index (χ1) is 12.0. The van der Waals surface area contributed by atoms with E-state index < -0.39 is 5.97 Å². The van der Waals surface area contributed by atoms with E-state index in [0.717, 1.165) is 11.4 Å². The molecule has 26 heavy (non-hydrogen) atoms. The van der Waals surface area contributed by atoms with E-state index in [1.807, 2.05) is 12.1 Å². The number of carboxylic acids is 1. The molecule has 0 amide bonds. The highest BCUT2D eigenvalue weighted by Gasteiger charge is 2.43. The molecule has 0 aliphatic carbocycles. The van der Waals surface area contributed by atoms with Crippen LogP contribution in [0.1, 0.15) is 63.0 Å². The highest BCUT2D eigenvalue weighted by molar-refractivity contribution is 5.88. The lowest BCUT2D eigenvalue weighted by molar-refractivity contribution is -0.105. The topological polar surface area (TPSA) is 49.8 Å². The molecular formula is C22H27NO3. The number of nitrogens with zero attached hydrogens (tertiary/aromatic N) is 1. The molecule has 4 nitrogen and oxygen atoms in total. The van der Waals surface area contributed by atoms with Crippen molar-refractivity contribution in [1.29, 1.82) is 0 Å². The second-order valence-corrected chi connectivity index (χ2v) is 8.17. The van der Waals surface area contributed by atoms with Gasteiger partial charge in [0, 0.05) is 17.4 Å². The molecule has 1 heterocycles. The zero-order valence-corrected chi connectivity index (χ0v) is 16.3. The van der Waals surface area contributed by atoms with Crippen LogP contribution in [0.5, 0.6) is 0 Å². The van der Waals surface area contributed by atoms with Gasteiger partial charge in [0.25, 0.3) is 0 Å². The van der Waals surface area contributed by atoms with Gasteiger partial charge in [-0.2, -0.15) is 0 Å². The van der Waals surface area contributed by atoms with Gasteiger partial charge in [0.1, 0.15) is 0 Å². The van der Waals surface area contributed by atoms with Crippen LogP contribution in [0, 0.1) is 0 Å². The Morgan fingerprint density at radius 1 is 0.923 bits per heavy atom. The lowest BCUT2D eigenvalue weighted by Crippen LogP contribution is -2.26. The fraction of sp³-hybridized carbons (Fsp3) is 0.409. The van der Waals surface area contributed by atoms with E-state index in [9.17, 15) is 4.79 Å². The van der Waals surface area contributed by atoms with Crippen molar-refractivity contribution in [2.24, 2.45) is 0 Å². The van der Waals surface area contributed by atoms with Crippen LogP contribution in [-0.2, 0) is 15.9 Å². The molecule has 4 heteroatoms. The predicted molar refractivity (Wildman–Crippen MR) is 104 cm³/mol. The predicted octanol–water partition coefficient (Wildman–Crippen LogP) is 5.43. The molecule has 0 fully saturated rings. The molecule has 0 radical (unpaired) electrons. The molecule has 138 valence electrons. The van der Waals surface area contributed by atoms with Crippen LogP contribution in [0.25, 0.3) is 0 Å². The fourth-order valence-electron chi connectivity index (χ4n) is 3.96. The second-order valence-electron chi connectivity index (χ2n) is 8.17. The van der Waals surface area contributed by atoms with Gasteiger partial charge in [-0.1, -0.05) is 6.07 Å². The summed E-state index contributed by atoms with van der Waals surface area (Å²) in [5.41, 5.74) is 4.12. The van der Waals surface area contributed by atoms with Crippen LogP contribution in [-0.4, -0.2) is 17.1 Å². The van der Waals surface area contributed by atoms with E-state index in [-0.39, 0.29) is 17.2 Å². The summed E-state index contributed by atoms with van der Waals surface area (Å²) in [6.45, 7) is 12.7. The number of hydrogen-bond acceptors (Lipinski definition) is 3. The van der Waals surface area contributed by atoms with Gasteiger partial charge in [0.15, 0.2) is 0 Å². The van der Waals surface area contributed by atoms with Gasteiger partial charge in [0.2, 0.25) is 0 Å². The van der Waals surface area contributed by atoms with Crippen molar-refractivity contribution in [3.8, 4) is 0 Å².